The molecule has 0 fully saturated rings. The number of halogens is 1. The number of ether oxygens (including phenoxy) is 1. The van der Waals surface area contributed by atoms with Crippen LogP contribution in [-0.4, -0.2) is 28.8 Å². The van der Waals surface area contributed by atoms with Gasteiger partial charge in [-0.15, -0.1) is 0 Å². The van der Waals surface area contributed by atoms with Crippen LogP contribution >= 0.6 is 0 Å². The molecule has 1 heterocycles. The van der Waals surface area contributed by atoms with Gasteiger partial charge in [0.2, 0.25) is 11.7 Å². The van der Waals surface area contributed by atoms with Crippen molar-refractivity contribution in [1.82, 2.24) is 15.5 Å². The van der Waals surface area contributed by atoms with E-state index >= 15 is 0 Å². The maximum absolute atomic E-state index is 13.6. The lowest BCUT2D eigenvalue weighted by Gasteiger charge is -2.25. The second kappa shape index (κ2) is 6.87. The molecule has 7 heteroatoms. The molecule has 0 saturated carbocycles. The minimum Gasteiger partial charge on any atom is -0.468 e. The van der Waals surface area contributed by atoms with Crippen LogP contribution in [0.5, 0.6) is 0 Å². The average Bonchev–Trinajstić information content (AvgIpc) is 3.03. The largest absolute Gasteiger partial charge is 0.468 e. The zero-order valence-corrected chi connectivity index (χ0v) is 13.6. The lowest BCUT2D eigenvalue weighted by Crippen LogP contribution is -2.49. The highest BCUT2D eigenvalue weighted by atomic mass is 19.1. The first kappa shape index (κ1) is 17.1. The Morgan fingerprint density at radius 1 is 1.48 bits per heavy atom. The smallest absolute Gasteiger partial charge is 0.325 e. The van der Waals surface area contributed by atoms with E-state index in [9.17, 15) is 9.18 Å². The Labute approximate surface area is 134 Å². The fourth-order valence-corrected chi connectivity index (χ4v) is 2.01. The lowest BCUT2D eigenvalue weighted by atomic mass is 9.99. The molecule has 0 radical (unpaired) electrons. The van der Waals surface area contributed by atoms with Crippen LogP contribution in [0.4, 0.5) is 4.39 Å². The van der Waals surface area contributed by atoms with Crippen molar-refractivity contribution < 1.29 is 18.4 Å². The Morgan fingerprint density at radius 3 is 2.83 bits per heavy atom. The number of hydrogen-bond acceptors (Lipinski definition) is 6. The van der Waals surface area contributed by atoms with Gasteiger partial charge in [-0.2, -0.15) is 4.98 Å². The third-order valence-electron chi connectivity index (χ3n) is 3.87. The van der Waals surface area contributed by atoms with E-state index in [0.717, 1.165) is 0 Å². The molecule has 1 aromatic heterocycles. The van der Waals surface area contributed by atoms with E-state index in [1.807, 2.05) is 6.92 Å². The number of nitrogens with zero attached hydrogens (tertiary/aromatic N) is 2. The number of benzene rings is 1. The first-order valence-electron chi connectivity index (χ1n) is 7.32. The Bertz CT molecular complexity index is 702. The molecule has 0 unspecified atom stereocenters. The van der Waals surface area contributed by atoms with Crippen molar-refractivity contribution in [2.24, 2.45) is 0 Å². The number of rotatable bonds is 6. The second-order valence-corrected chi connectivity index (χ2v) is 5.51. The molecule has 1 atom stereocenters. The van der Waals surface area contributed by atoms with Crippen LogP contribution in [-0.2, 0) is 16.1 Å². The summed E-state index contributed by atoms with van der Waals surface area (Å²) in [5, 5.41) is 6.89. The highest BCUT2D eigenvalue weighted by Gasteiger charge is 2.32. The third kappa shape index (κ3) is 3.73. The van der Waals surface area contributed by atoms with E-state index in [0.29, 0.717) is 29.3 Å². The lowest BCUT2D eigenvalue weighted by molar-refractivity contribution is -0.148. The van der Waals surface area contributed by atoms with Gasteiger partial charge < -0.3 is 9.26 Å². The Balaban J connectivity index is 2.10. The van der Waals surface area contributed by atoms with Crippen molar-refractivity contribution in [1.29, 1.82) is 0 Å². The number of esters is 1. The van der Waals surface area contributed by atoms with Crippen LogP contribution in [0.15, 0.2) is 22.7 Å². The molecule has 2 rings (SSSR count). The van der Waals surface area contributed by atoms with E-state index in [-0.39, 0.29) is 18.3 Å². The minimum absolute atomic E-state index is 0.209. The third-order valence-corrected chi connectivity index (χ3v) is 3.87. The molecule has 1 aromatic carbocycles. The first-order chi connectivity index (χ1) is 10.9. The Kier molecular flexibility index (Phi) is 5.10. The van der Waals surface area contributed by atoms with Crippen LogP contribution in [0.1, 0.15) is 31.7 Å². The van der Waals surface area contributed by atoms with Crippen molar-refractivity contribution in [3.63, 3.8) is 0 Å². The fraction of sp³-hybridized carbons (Fsp3) is 0.438. The molecule has 23 heavy (non-hydrogen) atoms. The summed E-state index contributed by atoms with van der Waals surface area (Å²) in [6, 6.07) is 4.75. The van der Waals surface area contributed by atoms with E-state index in [4.69, 9.17) is 9.26 Å². The first-order valence-corrected chi connectivity index (χ1v) is 7.32. The summed E-state index contributed by atoms with van der Waals surface area (Å²) in [6.45, 7) is 5.51. The van der Waals surface area contributed by atoms with Crippen molar-refractivity contribution in [2.75, 3.05) is 7.11 Å². The molecule has 0 aliphatic heterocycles. The molecule has 0 spiro atoms. The Morgan fingerprint density at radius 2 is 2.22 bits per heavy atom. The minimum atomic E-state index is -0.834. The van der Waals surface area contributed by atoms with Gasteiger partial charge >= 0.3 is 5.97 Å². The van der Waals surface area contributed by atoms with Crippen molar-refractivity contribution in [3.8, 4) is 11.4 Å². The predicted octanol–water partition coefficient (Wildman–Crippen LogP) is 2.62. The summed E-state index contributed by atoms with van der Waals surface area (Å²) >= 11 is 0. The van der Waals surface area contributed by atoms with Gasteiger partial charge in [0.25, 0.3) is 0 Å². The van der Waals surface area contributed by atoms with Crippen LogP contribution in [0.3, 0.4) is 0 Å². The molecule has 6 nitrogen and oxygen atoms in total. The van der Waals surface area contributed by atoms with E-state index < -0.39 is 5.54 Å². The summed E-state index contributed by atoms with van der Waals surface area (Å²) in [5.74, 6) is -0.0712. The number of hydrogen-bond donors (Lipinski definition) is 1. The topological polar surface area (TPSA) is 77.3 Å². The number of carbonyl (C=O) groups is 1. The summed E-state index contributed by atoms with van der Waals surface area (Å²) in [6.07, 6.45) is 0.545. The van der Waals surface area contributed by atoms with Gasteiger partial charge in [-0.25, -0.2) is 4.39 Å². The standard InChI is InChI=1S/C16H20FN3O3/c1-5-16(3,15(21)22-4)18-9-13-19-14(20-23-13)11-7-6-10(2)12(17)8-11/h6-8,18H,5,9H2,1-4H3/t16-/m0/s1. The summed E-state index contributed by atoms with van der Waals surface area (Å²) in [4.78, 5) is 16.0. The van der Waals surface area contributed by atoms with Crippen LogP contribution in [0, 0.1) is 12.7 Å². The highest BCUT2D eigenvalue weighted by molar-refractivity contribution is 5.80. The van der Waals surface area contributed by atoms with Gasteiger partial charge in [0.05, 0.1) is 13.7 Å². The van der Waals surface area contributed by atoms with Gasteiger partial charge in [0, 0.05) is 5.56 Å². The molecular formula is C16H20FN3O3. The molecule has 124 valence electrons. The molecule has 0 bridgehead atoms. The average molecular weight is 321 g/mol. The van der Waals surface area contributed by atoms with E-state index in [1.165, 1.54) is 13.2 Å². The van der Waals surface area contributed by atoms with Crippen LogP contribution in [0.25, 0.3) is 11.4 Å². The van der Waals surface area contributed by atoms with Crippen molar-refractivity contribution in [3.05, 3.63) is 35.5 Å². The maximum Gasteiger partial charge on any atom is 0.325 e. The quantitative estimate of drug-likeness (QED) is 0.824. The van der Waals surface area contributed by atoms with Crippen molar-refractivity contribution >= 4 is 5.97 Å². The molecule has 2 aromatic rings. The molecule has 0 aliphatic carbocycles. The number of aromatic nitrogens is 2. The van der Waals surface area contributed by atoms with E-state index in [1.54, 1.807) is 26.0 Å². The van der Waals surface area contributed by atoms with Crippen LogP contribution in [0.2, 0.25) is 0 Å². The second-order valence-electron chi connectivity index (χ2n) is 5.51. The summed E-state index contributed by atoms with van der Waals surface area (Å²) in [7, 11) is 1.34. The summed E-state index contributed by atoms with van der Waals surface area (Å²) < 4.78 is 23.5. The van der Waals surface area contributed by atoms with Gasteiger partial charge in [0.15, 0.2) is 0 Å². The maximum atomic E-state index is 13.6. The number of carbonyl (C=O) groups excluding carboxylic acids is 1. The van der Waals surface area contributed by atoms with Gasteiger partial charge in [0.1, 0.15) is 11.4 Å². The van der Waals surface area contributed by atoms with Crippen molar-refractivity contribution in [2.45, 2.75) is 39.3 Å². The normalized spacial score (nSPS) is 13.6. The number of methoxy groups -OCH3 is 1. The van der Waals surface area contributed by atoms with E-state index in [2.05, 4.69) is 15.5 Å². The SMILES string of the molecule is CC[C@](C)(NCc1nc(-c2ccc(C)c(F)c2)no1)C(=O)OC. The van der Waals surface area contributed by atoms with Gasteiger partial charge in [-0.1, -0.05) is 24.2 Å². The molecule has 0 saturated heterocycles. The fourth-order valence-electron chi connectivity index (χ4n) is 2.01. The van der Waals surface area contributed by atoms with Gasteiger partial charge in [-0.3, -0.25) is 10.1 Å². The predicted molar refractivity (Wildman–Crippen MR) is 82.0 cm³/mol. The van der Waals surface area contributed by atoms with Gasteiger partial charge in [-0.05, 0) is 31.9 Å². The number of nitrogens with one attached hydrogen (secondary N) is 1. The molecule has 1 N–H and O–H groups in total. The zero-order valence-electron chi connectivity index (χ0n) is 13.6. The highest BCUT2D eigenvalue weighted by Crippen LogP contribution is 2.19. The van der Waals surface area contributed by atoms with Crippen LogP contribution < -0.4 is 5.32 Å². The number of aryl methyl sites for hydroxylation is 1. The Hall–Kier alpha value is -2.28. The zero-order chi connectivity index (χ0) is 17.0. The monoisotopic (exact) mass is 321 g/mol. The molecule has 0 amide bonds. The summed E-state index contributed by atoms with van der Waals surface area (Å²) in [5.41, 5.74) is 0.254. The molecule has 0 aliphatic rings. The molecular weight excluding hydrogens is 301 g/mol.